The summed E-state index contributed by atoms with van der Waals surface area (Å²) in [6.45, 7) is 0.576. The Morgan fingerprint density at radius 1 is 1.29 bits per heavy atom. The lowest BCUT2D eigenvalue weighted by molar-refractivity contribution is 0.358. The molecular formula is C10H17N3O. The van der Waals surface area contributed by atoms with Crippen LogP contribution < -0.4 is 5.73 Å². The summed E-state index contributed by atoms with van der Waals surface area (Å²) in [6, 6.07) is 0. The summed E-state index contributed by atoms with van der Waals surface area (Å²) in [4.78, 5) is 4.37. The van der Waals surface area contributed by atoms with Gasteiger partial charge in [-0.2, -0.15) is 4.98 Å². The monoisotopic (exact) mass is 195 g/mol. The minimum Gasteiger partial charge on any atom is -0.339 e. The molecule has 1 aliphatic carbocycles. The van der Waals surface area contributed by atoms with Crippen LogP contribution in [0.5, 0.6) is 0 Å². The van der Waals surface area contributed by atoms with Gasteiger partial charge in [0.2, 0.25) is 5.89 Å². The zero-order valence-corrected chi connectivity index (χ0v) is 8.41. The van der Waals surface area contributed by atoms with Gasteiger partial charge in [-0.3, -0.25) is 0 Å². The third kappa shape index (κ3) is 2.12. The number of nitrogens with two attached hydrogens (primary N) is 1. The second-order valence-electron chi connectivity index (χ2n) is 3.92. The van der Waals surface area contributed by atoms with Gasteiger partial charge in [0.25, 0.3) is 0 Å². The SMILES string of the molecule is NCCc1nc(C2CCCCC2)no1. The van der Waals surface area contributed by atoms with Gasteiger partial charge in [-0.1, -0.05) is 24.4 Å². The predicted octanol–water partition coefficient (Wildman–Crippen LogP) is 1.62. The van der Waals surface area contributed by atoms with E-state index in [9.17, 15) is 0 Å². The van der Waals surface area contributed by atoms with Gasteiger partial charge in [0.15, 0.2) is 5.82 Å². The number of nitrogens with zero attached hydrogens (tertiary/aromatic N) is 2. The van der Waals surface area contributed by atoms with Crippen molar-refractivity contribution < 1.29 is 4.52 Å². The minimum atomic E-state index is 0.527. The molecule has 2 N–H and O–H groups in total. The van der Waals surface area contributed by atoms with E-state index in [0.29, 0.717) is 24.8 Å². The normalized spacial score (nSPS) is 18.6. The van der Waals surface area contributed by atoms with Gasteiger partial charge in [0.05, 0.1) is 0 Å². The molecule has 1 aliphatic rings. The molecule has 1 aromatic heterocycles. The van der Waals surface area contributed by atoms with Crippen molar-refractivity contribution in [1.29, 1.82) is 0 Å². The topological polar surface area (TPSA) is 64.9 Å². The Labute approximate surface area is 83.9 Å². The Kier molecular flexibility index (Phi) is 3.14. The second kappa shape index (κ2) is 4.55. The molecule has 0 amide bonds. The highest BCUT2D eigenvalue weighted by atomic mass is 16.5. The molecule has 4 heteroatoms. The molecule has 0 atom stereocenters. The van der Waals surface area contributed by atoms with Crippen LogP contribution in [0.25, 0.3) is 0 Å². The molecule has 1 saturated carbocycles. The second-order valence-corrected chi connectivity index (χ2v) is 3.92. The van der Waals surface area contributed by atoms with E-state index in [1.807, 2.05) is 0 Å². The van der Waals surface area contributed by atoms with Crippen molar-refractivity contribution in [3.63, 3.8) is 0 Å². The summed E-state index contributed by atoms with van der Waals surface area (Å²) in [7, 11) is 0. The van der Waals surface area contributed by atoms with Crippen LogP contribution in [0.4, 0.5) is 0 Å². The van der Waals surface area contributed by atoms with Crippen LogP contribution in [0.15, 0.2) is 4.52 Å². The summed E-state index contributed by atoms with van der Waals surface area (Å²) >= 11 is 0. The standard InChI is InChI=1S/C10H17N3O/c11-7-6-9-12-10(13-14-9)8-4-2-1-3-5-8/h8H,1-7,11H2. The smallest absolute Gasteiger partial charge is 0.227 e. The first-order valence-corrected chi connectivity index (χ1v) is 5.42. The molecule has 1 heterocycles. The van der Waals surface area contributed by atoms with Gasteiger partial charge in [-0.15, -0.1) is 0 Å². The van der Waals surface area contributed by atoms with Crippen molar-refractivity contribution in [3.05, 3.63) is 11.7 Å². The zero-order valence-electron chi connectivity index (χ0n) is 8.41. The molecule has 0 unspecified atom stereocenters. The number of hydrogen-bond donors (Lipinski definition) is 1. The third-order valence-corrected chi connectivity index (χ3v) is 2.81. The first-order chi connectivity index (χ1) is 6.90. The van der Waals surface area contributed by atoms with Gasteiger partial charge in [0.1, 0.15) is 0 Å². The van der Waals surface area contributed by atoms with Crippen LogP contribution >= 0.6 is 0 Å². The van der Waals surface area contributed by atoms with Crippen LogP contribution in [0, 0.1) is 0 Å². The fourth-order valence-electron chi connectivity index (χ4n) is 2.02. The maximum absolute atomic E-state index is 5.42. The van der Waals surface area contributed by atoms with E-state index in [1.54, 1.807) is 0 Å². The molecule has 0 aromatic carbocycles. The van der Waals surface area contributed by atoms with Crippen LogP contribution in [-0.4, -0.2) is 16.7 Å². The van der Waals surface area contributed by atoms with E-state index in [2.05, 4.69) is 10.1 Å². The highest BCUT2D eigenvalue weighted by Crippen LogP contribution is 2.30. The van der Waals surface area contributed by atoms with Crippen LogP contribution in [0.2, 0.25) is 0 Å². The molecule has 1 fully saturated rings. The van der Waals surface area contributed by atoms with Crippen LogP contribution in [0.1, 0.15) is 49.7 Å². The molecule has 0 saturated heterocycles. The first kappa shape index (κ1) is 9.65. The lowest BCUT2D eigenvalue weighted by Gasteiger charge is -2.17. The van der Waals surface area contributed by atoms with Gasteiger partial charge >= 0.3 is 0 Å². The molecular weight excluding hydrogens is 178 g/mol. The number of rotatable bonds is 3. The molecule has 78 valence electrons. The number of hydrogen-bond acceptors (Lipinski definition) is 4. The van der Waals surface area contributed by atoms with E-state index < -0.39 is 0 Å². The van der Waals surface area contributed by atoms with Crippen molar-refractivity contribution in [1.82, 2.24) is 10.1 Å². The maximum Gasteiger partial charge on any atom is 0.227 e. The molecule has 14 heavy (non-hydrogen) atoms. The Balaban J connectivity index is 2.00. The average Bonchev–Trinajstić information content (AvgIpc) is 2.68. The molecule has 1 aromatic rings. The Hall–Kier alpha value is -0.900. The van der Waals surface area contributed by atoms with E-state index in [-0.39, 0.29) is 0 Å². The van der Waals surface area contributed by atoms with Crippen molar-refractivity contribution >= 4 is 0 Å². The quantitative estimate of drug-likeness (QED) is 0.796. The first-order valence-electron chi connectivity index (χ1n) is 5.42. The van der Waals surface area contributed by atoms with Crippen LogP contribution in [-0.2, 0) is 6.42 Å². The average molecular weight is 195 g/mol. The summed E-state index contributed by atoms with van der Waals surface area (Å²) in [5.41, 5.74) is 5.42. The highest BCUT2D eigenvalue weighted by molar-refractivity contribution is 4.96. The minimum absolute atomic E-state index is 0.527. The van der Waals surface area contributed by atoms with Crippen LogP contribution in [0.3, 0.4) is 0 Å². The maximum atomic E-state index is 5.42. The Bertz CT molecular complexity index is 279. The Morgan fingerprint density at radius 2 is 2.07 bits per heavy atom. The van der Waals surface area contributed by atoms with E-state index in [4.69, 9.17) is 10.3 Å². The van der Waals surface area contributed by atoms with Crippen molar-refractivity contribution in [2.24, 2.45) is 5.73 Å². The summed E-state index contributed by atoms with van der Waals surface area (Å²) in [5, 5.41) is 4.02. The molecule has 4 nitrogen and oxygen atoms in total. The Morgan fingerprint density at radius 3 is 2.79 bits per heavy atom. The van der Waals surface area contributed by atoms with Gasteiger partial charge < -0.3 is 10.3 Å². The molecule has 2 rings (SSSR count). The summed E-state index contributed by atoms with van der Waals surface area (Å²) < 4.78 is 5.12. The number of aromatic nitrogens is 2. The van der Waals surface area contributed by atoms with E-state index in [1.165, 1.54) is 32.1 Å². The summed E-state index contributed by atoms with van der Waals surface area (Å²) in [6.07, 6.45) is 7.06. The van der Waals surface area contributed by atoms with Crippen molar-refractivity contribution in [2.45, 2.75) is 44.4 Å². The van der Waals surface area contributed by atoms with E-state index in [0.717, 1.165) is 5.82 Å². The van der Waals surface area contributed by atoms with Gasteiger partial charge in [-0.05, 0) is 12.8 Å². The zero-order chi connectivity index (χ0) is 9.80. The van der Waals surface area contributed by atoms with E-state index >= 15 is 0 Å². The van der Waals surface area contributed by atoms with Gasteiger partial charge in [-0.25, -0.2) is 0 Å². The fourth-order valence-corrected chi connectivity index (χ4v) is 2.02. The lowest BCUT2D eigenvalue weighted by atomic mass is 9.89. The summed E-state index contributed by atoms with van der Waals surface area (Å²) in [5.74, 6) is 2.11. The third-order valence-electron chi connectivity index (χ3n) is 2.81. The molecule has 0 spiro atoms. The predicted molar refractivity (Wildman–Crippen MR) is 52.9 cm³/mol. The molecule has 0 radical (unpaired) electrons. The molecule has 0 aliphatic heterocycles. The van der Waals surface area contributed by atoms with Crippen molar-refractivity contribution in [2.75, 3.05) is 6.54 Å². The lowest BCUT2D eigenvalue weighted by Crippen LogP contribution is -2.07. The van der Waals surface area contributed by atoms with Gasteiger partial charge in [0, 0.05) is 18.9 Å². The fraction of sp³-hybridized carbons (Fsp3) is 0.800. The highest BCUT2D eigenvalue weighted by Gasteiger charge is 2.20. The van der Waals surface area contributed by atoms with Crippen molar-refractivity contribution in [3.8, 4) is 0 Å². The largest absolute Gasteiger partial charge is 0.339 e. The molecule has 0 bridgehead atoms.